The summed E-state index contributed by atoms with van der Waals surface area (Å²) in [6.07, 6.45) is 2.08. The number of halogens is 1. The molecule has 0 saturated carbocycles. The van der Waals surface area contributed by atoms with Gasteiger partial charge in [-0.1, -0.05) is 17.7 Å². The number of hydrogen-bond donors (Lipinski definition) is 1. The van der Waals surface area contributed by atoms with Crippen molar-refractivity contribution in [2.75, 3.05) is 26.2 Å². The molecular formula is C16H17ClN4O3. The number of nitrogens with zero attached hydrogens (tertiary/aromatic N) is 3. The molecule has 0 atom stereocenters. The second-order valence-corrected chi connectivity index (χ2v) is 5.77. The average Bonchev–Trinajstić information content (AvgIpc) is 3.21. The summed E-state index contributed by atoms with van der Waals surface area (Å²) in [5.74, 6) is -0.250. The standard InChI is InChI=1S/C16H17ClN4O3/c17-12-3-1-4-13(11-12)21-8-5-14(19-21)15(22)18-6-2-7-20-9-10-24-16(20)23/h1,3-5,8,11H,2,6-7,9-10H2,(H,18,22). The van der Waals surface area contributed by atoms with E-state index in [0.717, 1.165) is 5.69 Å². The summed E-state index contributed by atoms with van der Waals surface area (Å²) >= 11 is 5.96. The number of cyclic esters (lactones) is 1. The van der Waals surface area contributed by atoms with Gasteiger partial charge in [-0.3, -0.25) is 4.79 Å². The molecule has 1 aliphatic rings. The van der Waals surface area contributed by atoms with E-state index in [2.05, 4.69) is 10.4 Å². The minimum atomic E-state index is -0.290. The molecule has 1 fully saturated rings. The average molecular weight is 349 g/mol. The molecule has 1 aliphatic heterocycles. The Labute approximate surface area is 144 Å². The van der Waals surface area contributed by atoms with Crippen molar-refractivity contribution in [2.24, 2.45) is 0 Å². The third-order valence-corrected chi connectivity index (χ3v) is 3.86. The molecule has 24 heavy (non-hydrogen) atoms. The van der Waals surface area contributed by atoms with Crippen molar-refractivity contribution in [3.63, 3.8) is 0 Å². The largest absolute Gasteiger partial charge is 0.448 e. The first kappa shape index (κ1) is 16.3. The fraction of sp³-hybridized carbons (Fsp3) is 0.312. The number of amides is 2. The number of ether oxygens (including phenoxy) is 1. The van der Waals surface area contributed by atoms with E-state index in [1.165, 1.54) is 0 Å². The van der Waals surface area contributed by atoms with Gasteiger partial charge in [0.15, 0.2) is 5.69 Å². The van der Waals surface area contributed by atoms with Crippen LogP contribution in [0.2, 0.25) is 5.02 Å². The van der Waals surface area contributed by atoms with Crippen LogP contribution in [0.4, 0.5) is 4.79 Å². The maximum absolute atomic E-state index is 12.1. The van der Waals surface area contributed by atoms with Crippen LogP contribution in [-0.2, 0) is 4.74 Å². The SMILES string of the molecule is O=C(NCCCN1CCOC1=O)c1ccn(-c2cccc(Cl)c2)n1. The number of rotatable bonds is 6. The smallest absolute Gasteiger partial charge is 0.409 e. The van der Waals surface area contributed by atoms with Crippen LogP contribution in [0.25, 0.3) is 5.69 Å². The fourth-order valence-corrected chi connectivity index (χ4v) is 2.58. The third kappa shape index (κ3) is 3.86. The van der Waals surface area contributed by atoms with Crippen LogP contribution < -0.4 is 5.32 Å². The topological polar surface area (TPSA) is 76.5 Å². The molecule has 1 aromatic heterocycles. The molecule has 1 N–H and O–H groups in total. The number of nitrogens with one attached hydrogen (secondary N) is 1. The van der Waals surface area contributed by atoms with E-state index in [0.29, 0.717) is 43.4 Å². The Balaban J connectivity index is 1.50. The maximum atomic E-state index is 12.1. The van der Waals surface area contributed by atoms with E-state index in [1.54, 1.807) is 34.0 Å². The molecule has 2 heterocycles. The zero-order valence-corrected chi connectivity index (χ0v) is 13.7. The molecule has 0 bridgehead atoms. The lowest BCUT2D eigenvalue weighted by molar-refractivity contribution is 0.0947. The summed E-state index contributed by atoms with van der Waals surface area (Å²) < 4.78 is 6.44. The lowest BCUT2D eigenvalue weighted by Crippen LogP contribution is -2.30. The maximum Gasteiger partial charge on any atom is 0.409 e. The normalized spacial score (nSPS) is 13.9. The number of aromatic nitrogens is 2. The van der Waals surface area contributed by atoms with Crippen molar-refractivity contribution in [2.45, 2.75) is 6.42 Å². The van der Waals surface area contributed by atoms with E-state index in [1.807, 2.05) is 12.1 Å². The molecule has 2 aromatic rings. The molecule has 7 nitrogen and oxygen atoms in total. The van der Waals surface area contributed by atoms with Crippen LogP contribution in [-0.4, -0.2) is 52.9 Å². The van der Waals surface area contributed by atoms with Gasteiger partial charge < -0.3 is 15.0 Å². The monoisotopic (exact) mass is 348 g/mol. The van der Waals surface area contributed by atoms with Crippen molar-refractivity contribution in [1.29, 1.82) is 0 Å². The Morgan fingerprint density at radius 1 is 1.38 bits per heavy atom. The van der Waals surface area contributed by atoms with Gasteiger partial charge in [0.25, 0.3) is 5.91 Å². The van der Waals surface area contributed by atoms with Crippen molar-refractivity contribution < 1.29 is 14.3 Å². The van der Waals surface area contributed by atoms with Gasteiger partial charge in [-0.15, -0.1) is 0 Å². The van der Waals surface area contributed by atoms with Crippen LogP contribution in [0, 0.1) is 0 Å². The predicted molar refractivity (Wildman–Crippen MR) is 88.4 cm³/mol. The zero-order chi connectivity index (χ0) is 16.9. The highest BCUT2D eigenvalue weighted by Gasteiger charge is 2.20. The van der Waals surface area contributed by atoms with Gasteiger partial charge in [0.2, 0.25) is 0 Å². The van der Waals surface area contributed by atoms with E-state index in [4.69, 9.17) is 16.3 Å². The van der Waals surface area contributed by atoms with Crippen molar-refractivity contribution in [3.8, 4) is 5.69 Å². The number of carbonyl (C=O) groups excluding carboxylic acids is 2. The number of benzene rings is 1. The van der Waals surface area contributed by atoms with Gasteiger partial charge in [0.1, 0.15) is 6.61 Å². The molecule has 0 spiro atoms. The lowest BCUT2D eigenvalue weighted by Gasteiger charge is -2.12. The Morgan fingerprint density at radius 3 is 3.00 bits per heavy atom. The number of hydrogen-bond acceptors (Lipinski definition) is 4. The van der Waals surface area contributed by atoms with Crippen LogP contribution in [0.15, 0.2) is 36.5 Å². The van der Waals surface area contributed by atoms with E-state index < -0.39 is 0 Å². The number of carbonyl (C=O) groups is 2. The van der Waals surface area contributed by atoms with E-state index >= 15 is 0 Å². The first-order valence-corrected chi connectivity index (χ1v) is 8.03. The summed E-state index contributed by atoms with van der Waals surface area (Å²) in [6.45, 7) is 2.08. The van der Waals surface area contributed by atoms with Crippen molar-refractivity contribution in [3.05, 3.63) is 47.2 Å². The van der Waals surface area contributed by atoms with Crippen LogP contribution >= 0.6 is 11.6 Å². The highest BCUT2D eigenvalue weighted by molar-refractivity contribution is 6.30. The molecule has 2 amide bonds. The Bertz CT molecular complexity index is 746. The molecule has 8 heteroatoms. The van der Waals surface area contributed by atoms with Crippen LogP contribution in [0.1, 0.15) is 16.9 Å². The van der Waals surface area contributed by atoms with E-state index in [-0.39, 0.29) is 12.0 Å². The van der Waals surface area contributed by atoms with Gasteiger partial charge in [0, 0.05) is 24.3 Å². The molecule has 0 aliphatic carbocycles. The fourth-order valence-electron chi connectivity index (χ4n) is 2.40. The highest BCUT2D eigenvalue weighted by Crippen LogP contribution is 2.14. The first-order chi connectivity index (χ1) is 11.6. The first-order valence-electron chi connectivity index (χ1n) is 7.65. The molecule has 1 saturated heterocycles. The highest BCUT2D eigenvalue weighted by atomic mass is 35.5. The quantitative estimate of drug-likeness (QED) is 0.811. The van der Waals surface area contributed by atoms with Crippen molar-refractivity contribution >= 4 is 23.6 Å². The summed E-state index contributed by atoms with van der Waals surface area (Å²) in [5.41, 5.74) is 1.12. The predicted octanol–water partition coefficient (Wildman–Crippen LogP) is 2.10. The Kier molecular flexibility index (Phi) is 5.00. The van der Waals surface area contributed by atoms with Crippen LogP contribution in [0.3, 0.4) is 0 Å². The lowest BCUT2D eigenvalue weighted by atomic mass is 10.3. The summed E-state index contributed by atoms with van der Waals surface area (Å²) in [6, 6.07) is 8.87. The second-order valence-electron chi connectivity index (χ2n) is 5.34. The summed E-state index contributed by atoms with van der Waals surface area (Å²) in [7, 11) is 0. The van der Waals surface area contributed by atoms with Gasteiger partial charge >= 0.3 is 6.09 Å². The van der Waals surface area contributed by atoms with Gasteiger partial charge in [-0.25, -0.2) is 9.48 Å². The van der Waals surface area contributed by atoms with Crippen LogP contribution in [0.5, 0.6) is 0 Å². The molecule has 1 aromatic carbocycles. The zero-order valence-electron chi connectivity index (χ0n) is 12.9. The van der Waals surface area contributed by atoms with Gasteiger partial charge in [-0.2, -0.15) is 5.10 Å². The van der Waals surface area contributed by atoms with E-state index in [9.17, 15) is 9.59 Å². The molecule has 0 radical (unpaired) electrons. The molecule has 3 rings (SSSR count). The minimum absolute atomic E-state index is 0.250. The summed E-state index contributed by atoms with van der Waals surface area (Å²) in [4.78, 5) is 25.0. The third-order valence-electron chi connectivity index (χ3n) is 3.63. The van der Waals surface area contributed by atoms with Crippen molar-refractivity contribution in [1.82, 2.24) is 20.0 Å². The molecule has 0 unspecified atom stereocenters. The summed E-state index contributed by atoms with van der Waals surface area (Å²) in [5, 5.41) is 7.65. The second kappa shape index (κ2) is 7.35. The minimum Gasteiger partial charge on any atom is -0.448 e. The Morgan fingerprint density at radius 2 is 2.25 bits per heavy atom. The molecule has 126 valence electrons. The Hall–Kier alpha value is -2.54. The molecular weight excluding hydrogens is 332 g/mol. The van der Waals surface area contributed by atoms with Gasteiger partial charge in [-0.05, 0) is 30.7 Å². The van der Waals surface area contributed by atoms with Gasteiger partial charge in [0.05, 0.1) is 12.2 Å².